The third kappa shape index (κ3) is 2.64. The normalized spacial score (nSPS) is 10.9. The van der Waals surface area contributed by atoms with Gasteiger partial charge in [0.25, 0.3) is 0 Å². The molecule has 0 radical (unpaired) electrons. The number of hydrogen-bond donors (Lipinski definition) is 2. The standard InChI is InChI=1S/C14H19N3O/c1-10(2)17-9-15-7-13(17)8-16-12-4-5-14(18)11(3)6-12/h4-7,9-10,16,18H,8H2,1-3H3. The number of rotatable bonds is 4. The van der Waals surface area contributed by atoms with E-state index in [4.69, 9.17) is 0 Å². The van der Waals surface area contributed by atoms with Crippen molar-refractivity contribution in [1.29, 1.82) is 0 Å². The number of aromatic hydroxyl groups is 1. The minimum Gasteiger partial charge on any atom is -0.508 e. The Morgan fingerprint density at radius 3 is 2.83 bits per heavy atom. The molecular weight excluding hydrogens is 226 g/mol. The summed E-state index contributed by atoms with van der Waals surface area (Å²) in [5.74, 6) is 0.327. The van der Waals surface area contributed by atoms with E-state index in [1.165, 1.54) is 0 Å². The molecule has 0 aliphatic carbocycles. The minimum absolute atomic E-state index is 0.327. The molecule has 0 saturated carbocycles. The van der Waals surface area contributed by atoms with Crippen molar-refractivity contribution in [3.63, 3.8) is 0 Å². The van der Waals surface area contributed by atoms with Crippen LogP contribution >= 0.6 is 0 Å². The molecule has 18 heavy (non-hydrogen) atoms. The Morgan fingerprint density at radius 1 is 1.39 bits per heavy atom. The van der Waals surface area contributed by atoms with E-state index in [2.05, 4.69) is 28.7 Å². The van der Waals surface area contributed by atoms with Crippen LogP contribution in [0.15, 0.2) is 30.7 Å². The zero-order chi connectivity index (χ0) is 13.1. The summed E-state index contributed by atoms with van der Waals surface area (Å²) in [5.41, 5.74) is 3.02. The van der Waals surface area contributed by atoms with Gasteiger partial charge < -0.3 is 15.0 Å². The third-order valence-corrected chi connectivity index (χ3v) is 2.97. The van der Waals surface area contributed by atoms with Gasteiger partial charge in [0.15, 0.2) is 0 Å². The maximum atomic E-state index is 9.47. The van der Waals surface area contributed by atoms with E-state index >= 15 is 0 Å². The lowest BCUT2D eigenvalue weighted by molar-refractivity contribution is 0.471. The van der Waals surface area contributed by atoms with Crippen LogP contribution in [0, 0.1) is 6.92 Å². The van der Waals surface area contributed by atoms with Crippen LogP contribution in [-0.4, -0.2) is 14.7 Å². The fourth-order valence-electron chi connectivity index (χ4n) is 1.89. The topological polar surface area (TPSA) is 50.1 Å². The number of aryl methyl sites for hydroxylation is 1. The van der Waals surface area contributed by atoms with Crippen LogP contribution in [0.5, 0.6) is 5.75 Å². The molecular formula is C14H19N3O. The predicted molar refractivity (Wildman–Crippen MR) is 72.8 cm³/mol. The molecule has 96 valence electrons. The molecule has 2 aromatic rings. The van der Waals surface area contributed by atoms with E-state index in [0.717, 1.165) is 23.5 Å². The van der Waals surface area contributed by atoms with E-state index in [-0.39, 0.29) is 0 Å². The molecule has 2 rings (SSSR count). The Morgan fingerprint density at radius 2 is 2.17 bits per heavy atom. The summed E-state index contributed by atoms with van der Waals surface area (Å²) in [7, 11) is 0. The van der Waals surface area contributed by atoms with Crippen molar-refractivity contribution < 1.29 is 5.11 Å². The molecule has 0 atom stereocenters. The molecule has 4 nitrogen and oxygen atoms in total. The van der Waals surface area contributed by atoms with E-state index in [0.29, 0.717) is 11.8 Å². The van der Waals surface area contributed by atoms with Crippen LogP contribution in [0.25, 0.3) is 0 Å². The summed E-state index contributed by atoms with van der Waals surface area (Å²) >= 11 is 0. The number of hydrogen-bond acceptors (Lipinski definition) is 3. The van der Waals surface area contributed by atoms with Crippen molar-refractivity contribution in [2.45, 2.75) is 33.4 Å². The zero-order valence-electron chi connectivity index (χ0n) is 11.0. The summed E-state index contributed by atoms with van der Waals surface area (Å²) in [5, 5.41) is 12.8. The van der Waals surface area contributed by atoms with Crippen LogP contribution in [0.4, 0.5) is 5.69 Å². The van der Waals surface area contributed by atoms with Crippen LogP contribution in [0.2, 0.25) is 0 Å². The Hall–Kier alpha value is -1.97. The van der Waals surface area contributed by atoms with Gasteiger partial charge in [-0.3, -0.25) is 0 Å². The van der Waals surface area contributed by atoms with Crippen LogP contribution in [0.1, 0.15) is 31.1 Å². The minimum atomic E-state index is 0.327. The highest BCUT2D eigenvalue weighted by atomic mass is 16.3. The quantitative estimate of drug-likeness (QED) is 0.814. The first-order chi connectivity index (χ1) is 8.58. The first kappa shape index (κ1) is 12.5. The highest BCUT2D eigenvalue weighted by Crippen LogP contribution is 2.20. The van der Waals surface area contributed by atoms with Gasteiger partial charge >= 0.3 is 0 Å². The predicted octanol–water partition coefficient (Wildman–Crippen LogP) is 3.09. The molecule has 0 aliphatic heterocycles. The van der Waals surface area contributed by atoms with Gasteiger partial charge in [0, 0.05) is 17.9 Å². The van der Waals surface area contributed by atoms with Gasteiger partial charge in [0.2, 0.25) is 0 Å². The smallest absolute Gasteiger partial charge is 0.118 e. The molecule has 1 aromatic carbocycles. The molecule has 1 aromatic heterocycles. The van der Waals surface area contributed by atoms with Crippen LogP contribution in [0.3, 0.4) is 0 Å². The van der Waals surface area contributed by atoms with Gasteiger partial charge in [-0.05, 0) is 44.5 Å². The zero-order valence-corrected chi connectivity index (χ0v) is 11.0. The van der Waals surface area contributed by atoms with Crippen molar-refractivity contribution in [3.05, 3.63) is 42.0 Å². The Kier molecular flexibility index (Phi) is 3.55. The molecule has 0 amide bonds. The van der Waals surface area contributed by atoms with Gasteiger partial charge in [0.05, 0.1) is 18.6 Å². The lowest BCUT2D eigenvalue weighted by Crippen LogP contribution is -2.08. The van der Waals surface area contributed by atoms with E-state index in [9.17, 15) is 5.11 Å². The fourth-order valence-corrected chi connectivity index (χ4v) is 1.89. The van der Waals surface area contributed by atoms with Crippen molar-refractivity contribution >= 4 is 5.69 Å². The largest absolute Gasteiger partial charge is 0.508 e. The maximum absolute atomic E-state index is 9.47. The monoisotopic (exact) mass is 245 g/mol. The maximum Gasteiger partial charge on any atom is 0.118 e. The number of nitrogens with zero attached hydrogens (tertiary/aromatic N) is 2. The van der Waals surface area contributed by atoms with Crippen molar-refractivity contribution in [1.82, 2.24) is 9.55 Å². The number of aromatic nitrogens is 2. The van der Waals surface area contributed by atoms with Gasteiger partial charge in [-0.1, -0.05) is 0 Å². The molecule has 0 unspecified atom stereocenters. The summed E-state index contributed by atoms with van der Waals surface area (Å²) < 4.78 is 2.14. The molecule has 2 N–H and O–H groups in total. The lowest BCUT2D eigenvalue weighted by Gasteiger charge is -2.13. The summed E-state index contributed by atoms with van der Waals surface area (Å²) in [4.78, 5) is 4.17. The number of anilines is 1. The molecule has 0 bridgehead atoms. The van der Waals surface area contributed by atoms with Crippen LogP contribution < -0.4 is 5.32 Å². The Bertz CT molecular complexity index is 532. The molecule has 0 fully saturated rings. The Balaban J connectivity index is 2.07. The number of imidazole rings is 1. The molecule has 0 saturated heterocycles. The second kappa shape index (κ2) is 5.12. The molecule has 4 heteroatoms. The SMILES string of the molecule is Cc1cc(NCc2cncn2C(C)C)ccc1O. The first-order valence-corrected chi connectivity index (χ1v) is 6.12. The highest BCUT2D eigenvalue weighted by molar-refractivity contribution is 5.50. The second-order valence-corrected chi connectivity index (χ2v) is 4.74. The van der Waals surface area contributed by atoms with E-state index < -0.39 is 0 Å². The number of nitrogens with one attached hydrogen (secondary N) is 1. The number of benzene rings is 1. The fraction of sp³-hybridized carbons (Fsp3) is 0.357. The van der Waals surface area contributed by atoms with Crippen molar-refractivity contribution in [2.24, 2.45) is 0 Å². The van der Waals surface area contributed by atoms with Gasteiger partial charge in [-0.15, -0.1) is 0 Å². The van der Waals surface area contributed by atoms with Gasteiger partial charge in [0.1, 0.15) is 5.75 Å². The van der Waals surface area contributed by atoms with Gasteiger partial charge in [-0.2, -0.15) is 0 Å². The Labute approximate surface area is 107 Å². The molecule has 1 heterocycles. The van der Waals surface area contributed by atoms with E-state index in [1.54, 1.807) is 6.07 Å². The molecule has 0 spiro atoms. The van der Waals surface area contributed by atoms with Crippen molar-refractivity contribution in [3.8, 4) is 5.75 Å². The lowest BCUT2D eigenvalue weighted by atomic mass is 10.2. The summed E-state index contributed by atoms with van der Waals surface area (Å²) in [6.45, 7) is 6.88. The summed E-state index contributed by atoms with van der Waals surface area (Å²) in [6, 6.07) is 5.92. The number of phenolic OH excluding ortho intramolecular Hbond substituents is 1. The number of phenols is 1. The average molecular weight is 245 g/mol. The van der Waals surface area contributed by atoms with Crippen LogP contribution in [-0.2, 0) is 6.54 Å². The van der Waals surface area contributed by atoms with Gasteiger partial charge in [-0.25, -0.2) is 4.98 Å². The van der Waals surface area contributed by atoms with E-state index in [1.807, 2.05) is 31.6 Å². The highest BCUT2D eigenvalue weighted by Gasteiger charge is 2.05. The first-order valence-electron chi connectivity index (χ1n) is 6.12. The summed E-state index contributed by atoms with van der Waals surface area (Å²) in [6.07, 6.45) is 3.73. The third-order valence-electron chi connectivity index (χ3n) is 2.97. The molecule has 0 aliphatic rings. The average Bonchev–Trinajstić information content (AvgIpc) is 2.79. The second-order valence-electron chi connectivity index (χ2n) is 4.74. The van der Waals surface area contributed by atoms with Crippen molar-refractivity contribution in [2.75, 3.05) is 5.32 Å².